The second-order valence-corrected chi connectivity index (χ2v) is 3.75. The molecule has 1 aliphatic heterocycles. The Morgan fingerprint density at radius 2 is 2.14 bits per heavy atom. The van der Waals surface area contributed by atoms with Crippen molar-refractivity contribution in [2.24, 2.45) is 0 Å². The molecule has 0 radical (unpaired) electrons. The summed E-state index contributed by atoms with van der Waals surface area (Å²) < 4.78 is 0. The fourth-order valence-electron chi connectivity index (χ4n) is 1.63. The van der Waals surface area contributed by atoms with E-state index in [1.165, 1.54) is 0 Å². The van der Waals surface area contributed by atoms with Crippen LogP contribution in [0.4, 0.5) is 0 Å². The van der Waals surface area contributed by atoms with Crippen LogP contribution in [0.5, 0.6) is 0 Å². The number of carbonyl (C=O) groups is 1. The molecule has 4 heteroatoms. The first kappa shape index (κ1) is 11.5. The van der Waals surface area contributed by atoms with E-state index in [4.69, 9.17) is 0 Å². The third-order valence-electron chi connectivity index (χ3n) is 2.63. The normalized spacial score (nSPS) is 20.4. The van der Waals surface area contributed by atoms with Gasteiger partial charge in [0.2, 0.25) is 5.91 Å². The topological polar surface area (TPSA) is 44.4 Å². The lowest BCUT2D eigenvalue weighted by Gasteiger charge is -2.31. The van der Waals surface area contributed by atoms with Crippen LogP contribution in [0.1, 0.15) is 20.3 Å². The van der Waals surface area contributed by atoms with E-state index in [0.717, 1.165) is 39.1 Å². The Kier molecular flexibility index (Phi) is 4.90. The van der Waals surface area contributed by atoms with Crippen LogP contribution in [-0.2, 0) is 4.79 Å². The van der Waals surface area contributed by atoms with Gasteiger partial charge in [-0.2, -0.15) is 0 Å². The molecule has 1 heterocycles. The lowest BCUT2D eigenvalue weighted by Crippen LogP contribution is -2.52. The molecule has 0 spiro atoms. The highest BCUT2D eigenvalue weighted by molar-refractivity contribution is 5.81. The highest BCUT2D eigenvalue weighted by Crippen LogP contribution is 2.00. The van der Waals surface area contributed by atoms with Gasteiger partial charge in [-0.3, -0.25) is 9.69 Å². The van der Waals surface area contributed by atoms with Crippen molar-refractivity contribution in [3.63, 3.8) is 0 Å². The summed E-state index contributed by atoms with van der Waals surface area (Å²) in [6.07, 6.45) is 1.00. The molecule has 1 atom stereocenters. The molecular formula is C10H21N3O. The van der Waals surface area contributed by atoms with Crippen molar-refractivity contribution in [3.8, 4) is 0 Å². The number of hydrogen-bond donors (Lipinski definition) is 2. The molecule has 1 fully saturated rings. The van der Waals surface area contributed by atoms with Crippen molar-refractivity contribution in [1.29, 1.82) is 0 Å². The van der Waals surface area contributed by atoms with Gasteiger partial charge in [0.05, 0.1) is 6.04 Å². The van der Waals surface area contributed by atoms with Crippen molar-refractivity contribution in [1.82, 2.24) is 15.5 Å². The lowest BCUT2D eigenvalue weighted by molar-refractivity contribution is -0.126. The zero-order valence-corrected chi connectivity index (χ0v) is 9.18. The fourth-order valence-corrected chi connectivity index (χ4v) is 1.63. The molecule has 1 saturated heterocycles. The zero-order chi connectivity index (χ0) is 10.4. The molecular weight excluding hydrogens is 178 g/mol. The summed E-state index contributed by atoms with van der Waals surface area (Å²) in [5.41, 5.74) is 0. The second kappa shape index (κ2) is 5.98. The highest BCUT2D eigenvalue weighted by Gasteiger charge is 2.21. The maximum atomic E-state index is 11.6. The Labute approximate surface area is 86.0 Å². The first-order valence-electron chi connectivity index (χ1n) is 5.48. The van der Waals surface area contributed by atoms with E-state index in [-0.39, 0.29) is 11.9 Å². The molecule has 1 unspecified atom stereocenters. The van der Waals surface area contributed by atoms with Gasteiger partial charge >= 0.3 is 0 Å². The molecule has 0 aromatic heterocycles. The summed E-state index contributed by atoms with van der Waals surface area (Å²) in [5, 5.41) is 6.21. The predicted octanol–water partition coefficient (Wildman–Crippen LogP) is -0.194. The van der Waals surface area contributed by atoms with Crippen LogP contribution in [0.2, 0.25) is 0 Å². The van der Waals surface area contributed by atoms with Crippen molar-refractivity contribution in [3.05, 3.63) is 0 Å². The molecule has 0 aliphatic carbocycles. The molecule has 1 aliphatic rings. The molecule has 1 amide bonds. The van der Waals surface area contributed by atoms with Crippen LogP contribution in [0.3, 0.4) is 0 Å². The number of carbonyl (C=O) groups excluding carboxylic acids is 1. The summed E-state index contributed by atoms with van der Waals surface area (Å²) >= 11 is 0. The minimum Gasteiger partial charge on any atom is -0.355 e. The van der Waals surface area contributed by atoms with Gasteiger partial charge in [-0.1, -0.05) is 6.92 Å². The van der Waals surface area contributed by atoms with Gasteiger partial charge in [-0.25, -0.2) is 0 Å². The number of nitrogens with one attached hydrogen (secondary N) is 2. The quantitative estimate of drug-likeness (QED) is 0.659. The van der Waals surface area contributed by atoms with E-state index in [1.54, 1.807) is 0 Å². The minimum atomic E-state index is 0.0173. The van der Waals surface area contributed by atoms with Crippen LogP contribution in [-0.4, -0.2) is 49.6 Å². The number of rotatable bonds is 4. The monoisotopic (exact) mass is 199 g/mol. The molecule has 0 bridgehead atoms. The maximum Gasteiger partial charge on any atom is 0.237 e. The van der Waals surface area contributed by atoms with Gasteiger partial charge in [-0.05, 0) is 13.3 Å². The Balaban J connectivity index is 2.30. The average molecular weight is 199 g/mol. The average Bonchev–Trinajstić information content (AvgIpc) is 2.26. The summed E-state index contributed by atoms with van der Waals surface area (Å²) in [7, 11) is 0. The molecule has 2 N–H and O–H groups in total. The SMILES string of the molecule is CCCNC(=O)C(C)N1CCNCC1. The first-order chi connectivity index (χ1) is 6.75. The summed E-state index contributed by atoms with van der Waals surface area (Å²) in [5.74, 6) is 0.161. The first-order valence-corrected chi connectivity index (χ1v) is 5.48. The van der Waals surface area contributed by atoms with E-state index in [1.807, 2.05) is 6.92 Å². The summed E-state index contributed by atoms with van der Waals surface area (Å²) in [4.78, 5) is 13.9. The van der Waals surface area contributed by atoms with Crippen LogP contribution in [0.15, 0.2) is 0 Å². The maximum absolute atomic E-state index is 11.6. The Morgan fingerprint density at radius 3 is 2.71 bits per heavy atom. The number of hydrogen-bond acceptors (Lipinski definition) is 3. The molecule has 0 aromatic rings. The van der Waals surface area contributed by atoms with Crippen molar-refractivity contribution >= 4 is 5.91 Å². The van der Waals surface area contributed by atoms with Crippen molar-refractivity contribution in [2.45, 2.75) is 26.3 Å². The van der Waals surface area contributed by atoms with Gasteiger partial charge in [0.25, 0.3) is 0 Å². The Hall–Kier alpha value is -0.610. The largest absolute Gasteiger partial charge is 0.355 e. The predicted molar refractivity (Wildman–Crippen MR) is 57.2 cm³/mol. The number of amides is 1. The number of nitrogens with zero attached hydrogens (tertiary/aromatic N) is 1. The molecule has 1 rings (SSSR count). The van der Waals surface area contributed by atoms with E-state index in [2.05, 4.69) is 22.5 Å². The van der Waals surface area contributed by atoms with Crippen molar-refractivity contribution in [2.75, 3.05) is 32.7 Å². The van der Waals surface area contributed by atoms with Gasteiger partial charge in [0.15, 0.2) is 0 Å². The van der Waals surface area contributed by atoms with Crippen LogP contribution in [0.25, 0.3) is 0 Å². The van der Waals surface area contributed by atoms with Crippen LogP contribution >= 0.6 is 0 Å². The van der Waals surface area contributed by atoms with E-state index >= 15 is 0 Å². The smallest absolute Gasteiger partial charge is 0.237 e. The van der Waals surface area contributed by atoms with Gasteiger partial charge in [0.1, 0.15) is 0 Å². The molecule has 0 saturated carbocycles. The standard InChI is InChI=1S/C10H21N3O/c1-3-4-12-10(14)9(2)13-7-5-11-6-8-13/h9,11H,3-8H2,1-2H3,(H,12,14). The summed E-state index contributed by atoms with van der Waals surface area (Å²) in [6, 6.07) is 0.0173. The van der Waals surface area contributed by atoms with Crippen LogP contribution < -0.4 is 10.6 Å². The van der Waals surface area contributed by atoms with Crippen molar-refractivity contribution < 1.29 is 4.79 Å². The minimum absolute atomic E-state index is 0.0173. The summed E-state index contributed by atoms with van der Waals surface area (Å²) in [6.45, 7) is 8.76. The van der Waals surface area contributed by atoms with Gasteiger partial charge < -0.3 is 10.6 Å². The van der Waals surface area contributed by atoms with E-state index in [9.17, 15) is 4.79 Å². The fraction of sp³-hybridized carbons (Fsp3) is 0.900. The zero-order valence-electron chi connectivity index (χ0n) is 9.18. The number of piperazine rings is 1. The third kappa shape index (κ3) is 3.27. The Bertz CT molecular complexity index is 178. The molecule has 4 nitrogen and oxygen atoms in total. The molecule has 0 aromatic carbocycles. The highest BCUT2D eigenvalue weighted by atomic mass is 16.2. The third-order valence-corrected chi connectivity index (χ3v) is 2.63. The van der Waals surface area contributed by atoms with Gasteiger partial charge in [0, 0.05) is 32.7 Å². The molecule has 82 valence electrons. The Morgan fingerprint density at radius 1 is 1.50 bits per heavy atom. The van der Waals surface area contributed by atoms with E-state index < -0.39 is 0 Å². The van der Waals surface area contributed by atoms with E-state index in [0.29, 0.717) is 0 Å². The lowest BCUT2D eigenvalue weighted by atomic mass is 10.2. The van der Waals surface area contributed by atoms with Crippen LogP contribution in [0, 0.1) is 0 Å². The molecule has 14 heavy (non-hydrogen) atoms. The second-order valence-electron chi connectivity index (χ2n) is 3.75. The van der Waals surface area contributed by atoms with Gasteiger partial charge in [-0.15, -0.1) is 0 Å².